The molecule has 33 heavy (non-hydrogen) atoms. The molecule has 12 N–H and O–H groups in total. The normalized spacial score (nSPS) is 14.3. The van der Waals surface area contributed by atoms with E-state index in [1.165, 1.54) is 0 Å². The fourth-order valence-electron chi connectivity index (χ4n) is 2.59. The highest BCUT2D eigenvalue weighted by atomic mass is 16.4. The SMILES string of the molecule is NCCCCC(N)C(=O)NC(CC(=O)O)C(=O)NC(CO)C(=O)NC(CCC(N)=O)C(=O)O. The van der Waals surface area contributed by atoms with Crippen LogP contribution < -0.4 is 33.2 Å². The number of carboxylic acid groups (broad SMARTS) is 2. The second-order valence-corrected chi connectivity index (χ2v) is 7.20. The molecular formula is C18H32N6O9. The standard InChI is InChI=1S/C18H32N6O9/c19-6-2-1-3-9(20)15(29)23-11(7-14(27)28)16(30)24-12(8-25)17(31)22-10(18(32)33)4-5-13(21)26/h9-12,25H,1-8,19-20H2,(H2,21,26)(H,22,31)(H,23,29)(H,24,30)(H,27,28)(H,32,33). The number of primary amides is 1. The predicted molar refractivity (Wildman–Crippen MR) is 112 cm³/mol. The zero-order chi connectivity index (χ0) is 25.6. The monoisotopic (exact) mass is 476 g/mol. The number of aliphatic hydroxyl groups is 1. The van der Waals surface area contributed by atoms with E-state index in [9.17, 15) is 33.9 Å². The van der Waals surface area contributed by atoms with Gasteiger partial charge in [0.1, 0.15) is 18.1 Å². The number of unbranched alkanes of at least 4 members (excludes halogenated alkanes) is 1. The first-order valence-corrected chi connectivity index (χ1v) is 10.1. The number of hydrogen-bond acceptors (Lipinski definition) is 9. The zero-order valence-electron chi connectivity index (χ0n) is 18.0. The number of nitrogens with two attached hydrogens (primary N) is 3. The lowest BCUT2D eigenvalue weighted by atomic mass is 10.1. The minimum absolute atomic E-state index is 0.244. The maximum Gasteiger partial charge on any atom is 0.326 e. The molecule has 0 rings (SSSR count). The lowest BCUT2D eigenvalue weighted by Crippen LogP contribution is -2.58. The van der Waals surface area contributed by atoms with Gasteiger partial charge in [0.2, 0.25) is 23.6 Å². The Morgan fingerprint density at radius 3 is 1.82 bits per heavy atom. The van der Waals surface area contributed by atoms with Gasteiger partial charge >= 0.3 is 11.9 Å². The van der Waals surface area contributed by atoms with Crippen LogP contribution in [0.2, 0.25) is 0 Å². The molecule has 15 nitrogen and oxygen atoms in total. The Bertz CT molecular complexity index is 718. The minimum atomic E-state index is -1.67. The van der Waals surface area contributed by atoms with Gasteiger partial charge in [0.15, 0.2) is 0 Å². The van der Waals surface area contributed by atoms with Crippen molar-refractivity contribution in [3.63, 3.8) is 0 Å². The van der Waals surface area contributed by atoms with Crippen molar-refractivity contribution in [2.24, 2.45) is 17.2 Å². The Labute approximate surface area is 189 Å². The van der Waals surface area contributed by atoms with Crippen molar-refractivity contribution in [3.8, 4) is 0 Å². The molecule has 0 aliphatic heterocycles. The summed E-state index contributed by atoms with van der Waals surface area (Å²) in [6.07, 6.45) is -0.122. The molecule has 0 bridgehead atoms. The average Bonchev–Trinajstić information content (AvgIpc) is 2.73. The van der Waals surface area contributed by atoms with Gasteiger partial charge in [0, 0.05) is 6.42 Å². The van der Waals surface area contributed by atoms with Crippen LogP contribution in [0.25, 0.3) is 0 Å². The van der Waals surface area contributed by atoms with Crippen LogP contribution in [-0.4, -0.2) is 88.2 Å². The fraction of sp³-hybridized carbons (Fsp3) is 0.667. The van der Waals surface area contributed by atoms with Gasteiger partial charge < -0.3 is 48.5 Å². The lowest BCUT2D eigenvalue weighted by molar-refractivity contribution is -0.143. The van der Waals surface area contributed by atoms with Crippen LogP contribution in [0.3, 0.4) is 0 Å². The number of amides is 4. The third kappa shape index (κ3) is 12.4. The summed E-state index contributed by atoms with van der Waals surface area (Å²) in [5.74, 6) is -6.73. The Hall–Kier alpha value is -3.30. The lowest BCUT2D eigenvalue weighted by Gasteiger charge is -2.23. The van der Waals surface area contributed by atoms with Crippen molar-refractivity contribution in [2.75, 3.05) is 13.2 Å². The van der Waals surface area contributed by atoms with E-state index < -0.39 is 72.8 Å². The summed E-state index contributed by atoms with van der Waals surface area (Å²) in [7, 11) is 0. The summed E-state index contributed by atoms with van der Waals surface area (Å²) in [4.78, 5) is 70.2. The molecule has 4 unspecified atom stereocenters. The van der Waals surface area contributed by atoms with Gasteiger partial charge in [-0.1, -0.05) is 6.42 Å². The Morgan fingerprint density at radius 1 is 0.788 bits per heavy atom. The predicted octanol–water partition coefficient (Wildman–Crippen LogP) is -4.29. The quantitative estimate of drug-likeness (QED) is 0.0905. The maximum absolute atomic E-state index is 12.5. The number of aliphatic carboxylic acids is 2. The van der Waals surface area contributed by atoms with Crippen molar-refractivity contribution >= 4 is 35.6 Å². The van der Waals surface area contributed by atoms with E-state index in [4.69, 9.17) is 27.4 Å². The van der Waals surface area contributed by atoms with Crippen molar-refractivity contribution in [1.82, 2.24) is 16.0 Å². The number of carboxylic acids is 2. The molecule has 0 saturated carbocycles. The molecule has 0 aliphatic carbocycles. The summed E-state index contributed by atoms with van der Waals surface area (Å²) >= 11 is 0. The highest BCUT2D eigenvalue weighted by Crippen LogP contribution is 2.02. The third-order valence-electron chi connectivity index (χ3n) is 4.43. The topological polar surface area (TPSA) is 277 Å². The molecule has 0 fully saturated rings. The molecule has 4 atom stereocenters. The first-order valence-electron chi connectivity index (χ1n) is 10.1. The van der Waals surface area contributed by atoms with Gasteiger partial charge in [-0.3, -0.25) is 24.0 Å². The third-order valence-corrected chi connectivity index (χ3v) is 4.43. The molecule has 0 radical (unpaired) electrons. The van der Waals surface area contributed by atoms with Gasteiger partial charge in [-0.15, -0.1) is 0 Å². The summed E-state index contributed by atoms with van der Waals surface area (Å²) < 4.78 is 0. The Kier molecular flexibility index (Phi) is 13.9. The number of hydrogen-bond donors (Lipinski definition) is 9. The van der Waals surface area contributed by atoms with E-state index in [-0.39, 0.29) is 19.3 Å². The Balaban J connectivity index is 5.19. The van der Waals surface area contributed by atoms with Crippen LogP contribution in [0, 0.1) is 0 Å². The number of nitrogens with one attached hydrogen (secondary N) is 3. The van der Waals surface area contributed by atoms with Gasteiger partial charge in [0.05, 0.1) is 19.1 Å². The molecule has 188 valence electrons. The Morgan fingerprint density at radius 2 is 1.33 bits per heavy atom. The fourth-order valence-corrected chi connectivity index (χ4v) is 2.59. The molecule has 0 aromatic heterocycles. The van der Waals surface area contributed by atoms with E-state index in [0.29, 0.717) is 19.4 Å². The van der Waals surface area contributed by atoms with Gasteiger partial charge in [-0.25, -0.2) is 4.79 Å². The van der Waals surface area contributed by atoms with Crippen LogP contribution in [0.15, 0.2) is 0 Å². The van der Waals surface area contributed by atoms with E-state index in [0.717, 1.165) is 0 Å². The van der Waals surface area contributed by atoms with Crippen LogP contribution in [-0.2, 0) is 28.8 Å². The largest absolute Gasteiger partial charge is 0.481 e. The molecule has 0 heterocycles. The number of carbonyl (C=O) groups is 6. The molecule has 0 saturated heterocycles. The van der Waals surface area contributed by atoms with Crippen LogP contribution >= 0.6 is 0 Å². The van der Waals surface area contributed by atoms with E-state index in [1.54, 1.807) is 0 Å². The zero-order valence-corrected chi connectivity index (χ0v) is 18.0. The second kappa shape index (κ2) is 15.5. The highest BCUT2D eigenvalue weighted by molar-refractivity contribution is 5.95. The summed E-state index contributed by atoms with van der Waals surface area (Å²) in [5.41, 5.74) is 16.0. The van der Waals surface area contributed by atoms with Crippen LogP contribution in [0.1, 0.15) is 38.5 Å². The number of aliphatic hydroxyl groups excluding tert-OH is 1. The van der Waals surface area contributed by atoms with Crippen LogP contribution in [0.5, 0.6) is 0 Å². The molecular weight excluding hydrogens is 444 g/mol. The smallest absolute Gasteiger partial charge is 0.326 e. The summed E-state index contributed by atoms with van der Waals surface area (Å²) in [6.45, 7) is -0.569. The van der Waals surface area contributed by atoms with E-state index in [2.05, 4.69) is 10.6 Å². The van der Waals surface area contributed by atoms with Gasteiger partial charge in [0.25, 0.3) is 0 Å². The average molecular weight is 476 g/mol. The van der Waals surface area contributed by atoms with Crippen molar-refractivity contribution < 1.29 is 44.1 Å². The maximum atomic E-state index is 12.5. The van der Waals surface area contributed by atoms with E-state index in [1.807, 2.05) is 5.32 Å². The minimum Gasteiger partial charge on any atom is -0.481 e. The van der Waals surface area contributed by atoms with Gasteiger partial charge in [-0.05, 0) is 25.8 Å². The molecule has 0 aromatic rings. The van der Waals surface area contributed by atoms with Crippen molar-refractivity contribution in [2.45, 2.75) is 62.7 Å². The van der Waals surface area contributed by atoms with Crippen molar-refractivity contribution in [1.29, 1.82) is 0 Å². The van der Waals surface area contributed by atoms with Gasteiger partial charge in [-0.2, -0.15) is 0 Å². The second-order valence-electron chi connectivity index (χ2n) is 7.20. The molecule has 0 aromatic carbocycles. The molecule has 0 spiro atoms. The van der Waals surface area contributed by atoms with Crippen LogP contribution in [0.4, 0.5) is 0 Å². The van der Waals surface area contributed by atoms with Crippen molar-refractivity contribution in [3.05, 3.63) is 0 Å². The summed E-state index contributed by atoms with van der Waals surface area (Å²) in [6, 6.07) is -5.85. The highest BCUT2D eigenvalue weighted by Gasteiger charge is 2.31. The number of carbonyl (C=O) groups excluding carboxylic acids is 4. The number of rotatable bonds is 17. The molecule has 15 heteroatoms. The molecule has 0 aliphatic rings. The summed E-state index contributed by atoms with van der Waals surface area (Å²) in [5, 5.41) is 33.9. The van der Waals surface area contributed by atoms with E-state index >= 15 is 0 Å². The molecule has 4 amide bonds. The first kappa shape index (κ1) is 29.7. The first-order chi connectivity index (χ1) is 15.4.